The molecule has 2 rings (SSSR count). The summed E-state index contributed by atoms with van der Waals surface area (Å²) in [5.41, 5.74) is 0.614. The van der Waals surface area contributed by atoms with Crippen LogP contribution in [0.3, 0.4) is 0 Å². The van der Waals surface area contributed by atoms with Gasteiger partial charge in [0.2, 0.25) is 0 Å². The highest BCUT2D eigenvalue weighted by molar-refractivity contribution is 6.06. The number of carbonyl (C=O) groups excluding carboxylic acids is 3. The van der Waals surface area contributed by atoms with Crippen molar-refractivity contribution in [3.8, 4) is 0 Å². The topological polar surface area (TPSA) is 98.3 Å². The third-order valence-corrected chi connectivity index (χ3v) is 4.01. The first kappa shape index (κ1) is 21.8. The molecule has 2 N–H and O–H groups in total. The summed E-state index contributed by atoms with van der Waals surface area (Å²) in [5.74, 6) is -3.18. The molecule has 2 aromatic carbocycles. The number of amides is 2. The fourth-order valence-electron chi connectivity index (χ4n) is 2.59. The van der Waals surface area contributed by atoms with Gasteiger partial charge in [-0.2, -0.15) is 0 Å². The minimum atomic E-state index is -1.41. The summed E-state index contributed by atoms with van der Waals surface area (Å²) in [6, 6.07) is 12.3. The molecule has 0 heterocycles. The number of carbonyl (C=O) groups is 3. The smallest absolute Gasteiger partial charge is 0.268 e. The van der Waals surface area contributed by atoms with Crippen LogP contribution in [0, 0.1) is 11.7 Å². The first-order valence-corrected chi connectivity index (χ1v) is 9.11. The van der Waals surface area contributed by atoms with E-state index >= 15 is 0 Å². The number of carboxylic acids is 1. The monoisotopic (exact) mass is 397 g/mol. The van der Waals surface area contributed by atoms with E-state index in [2.05, 4.69) is 10.6 Å². The van der Waals surface area contributed by atoms with Crippen molar-refractivity contribution in [2.75, 3.05) is 0 Å². The molecule has 0 fully saturated rings. The largest absolute Gasteiger partial charge is 0.548 e. The molecule has 0 aromatic heterocycles. The number of benzene rings is 2. The molecule has 0 aliphatic heterocycles. The van der Waals surface area contributed by atoms with Gasteiger partial charge in [-0.1, -0.05) is 44.2 Å². The zero-order valence-corrected chi connectivity index (χ0v) is 16.1. The molecule has 0 saturated heterocycles. The fourth-order valence-corrected chi connectivity index (χ4v) is 2.59. The Bertz CT molecular complexity index is 893. The minimum absolute atomic E-state index is 0.00152. The highest BCUT2D eigenvalue weighted by atomic mass is 19.1. The predicted molar refractivity (Wildman–Crippen MR) is 105 cm³/mol. The first-order valence-electron chi connectivity index (χ1n) is 9.11. The molecule has 0 saturated carbocycles. The van der Waals surface area contributed by atoms with Crippen molar-refractivity contribution in [1.82, 2.24) is 10.6 Å². The molecule has 0 spiro atoms. The van der Waals surface area contributed by atoms with Crippen LogP contribution in [0.4, 0.5) is 4.39 Å². The standard InChI is InChI=1S/C22H23FN2O4/c1-14(2)12-19(22(28)29)25-21(27)18(13-15-8-10-17(23)11-9-15)24-20(26)16-6-4-3-5-7-16/h3-11,13-14,19H,12H2,1-2H3,(H,24,26)(H,25,27)(H,28,29)/p-1/b18-13-/t19-/m0/s1. The first-order chi connectivity index (χ1) is 13.8. The number of aliphatic carboxylic acids is 1. The van der Waals surface area contributed by atoms with Gasteiger partial charge < -0.3 is 20.5 Å². The molecule has 6 nitrogen and oxygen atoms in total. The van der Waals surface area contributed by atoms with Gasteiger partial charge in [0.15, 0.2) is 0 Å². The van der Waals surface area contributed by atoms with Gasteiger partial charge in [-0.25, -0.2) is 4.39 Å². The van der Waals surface area contributed by atoms with Crippen molar-refractivity contribution in [3.63, 3.8) is 0 Å². The summed E-state index contributed by atoms with van der Waals surface area (Å²) in [5, 5.41) is 16.2. The van der Waals surface area contributed by atoms with Crippen LogP contribution < -0.4 is 15.7 Å². The van der Waals surface area contributed by atoms with Crippen molar-refractivity contribution in [2.45, 2.75) is 26.3 Å². The summed E-state index contributed by atoms with van der Waals surface area (Å²) in [6.45, 7) is 3.63. The van der Waals surface area contributed by atoms with Crippen molar-refractivity contribution in [3.05, 3.63) is 77.2 Å². The lowest BCUT2D eigenvalue weighted by atomic mass is 10.0. The quantitative estimate of drug-likeness (QED) is 0.665. The number of nitrogens with one attached hydrogen (secondary N) is 2. The molecule has 0 unspecified atom stereocenters. The number of carboxylic acid groups (broad SMARTS) is 1. The van der Waals surface area contributed by atoms with E-state index < -0.39 is 29.6 Å². The van der Waals surface area contributed by atoms with E-state index in [0.717, 1.165) is 0 Å². The van der Waals surface area contributed by atoms with Gasteiger partial charge in [-0.15, -0.1) is 0 Å². The van der Waals surface area contributed by atoms with Crippen LogP contribution in [0.25, 0.3) is 6.08 Å². The van der Waals surface area contributed by atoms with Gasteiger partial charge in [-0.3, -0.25) is 9.59 Å². The van der Waals surface area contributed by atoms with Gasteiger partial charge in [0, 0.05) is 5.56 Å². The predicted octanol–water partition coefficient (Wildman–Crippen LogP) is 1.88. The van der Waals surface area contributed by atoms with Crippen LogP contribution in [0.1, 0.15) is 36.2 Å². The maximum Gasteiger partial charge on any atom is 0.268 e. The molecule has 1 atom stereocenters. The van der Waals surface area contributed by atoms with Crippen molar-refractivity contribution >= 4 is 23.9 Å². The maximum atomic E-state index is 13.2. The normalized spacial score (nSPS) is 12.3. The second-order valence-electron chi connectivity index (χ2n) is 6.90. The number of hydrogen-bond donors (Lipinski definition) is 2. The Morgan fingerprint density at radius 2 is 1.66 bits per heavy atom. The highest BCUT2D eigenvalue weighted by Gasteiger charge is 2.20. The Hall–Kier alpha value is -3.48. The number of rotatable bonds is 8. The van der Waals surface area contributed by atoms with E-state index in [1.807, 2.05) is 13.8 Å². The van der Waals surface area contributed by atoms with Gasteiger partial charge in [0.05, 0.1) is 12.0 Å². The van der Waals surface area contributed by atoms with E-state index in [1.165, 1.54) is 30.3 Å². The number of halogens is 1. The molecule has 2 aromatic rings. The van der Waals surface area contributed by atoms with Crippen LogP contribution >= 0.6 is 0 Å². The van der Waals surface area contributed by atoms with Gasteiger partial charge in [0.25, 0.3) is 11.8 Å². The van der Waals surface area contributed by atoms with E-state index in [1.54, 1.807) is 30.3 Å². The second kappa shape index (κ2) is 10.2. The molecule has 7 heteroatoms. The van der Waals surface area contributed by atoms with Gasteiger partial charge in [-0.05, 0) is 48.2 Å². The summed E-state index contributed by atoms with van der Waals surface area (Å²) >= 11 is 0. The van der Waals surface area contributed by atoms with Crippen LogP contribution in [-0.4, -0.2) is 23.8 Å². The Balaban J connectivity index is 2.30. The molecule has 0 aliphatic rings. The third kappa shape index (κ3) is 6.88. The van der Waals surface area contributed by atoms with Crippen LogP contribution in [0.15, 0.2) is 60.3 Å². The molecule has 152 valence electrons. The van der Waals surface area contributed by atoms with Gasteiger partial charge >= 0.3 is 0 Å². The molecule has 0 radical (unpaired) electrons. The zero-order chi connectivity index (χ0) is 21.4. The summed E-state index contributed by atoms with van der Waals surface area (Å²) in [7, 11) is 0. The maximum absolute atomic E-state index is 13.2. The SMILES string of the molecule is CC(C)C[C@H](NC(=O)/C(=C/c1ccc(F)cc1)NC(=O)c1ccccc1)C(=O)[O-]. The number of hydrogen-bond acceptors (Lipinski definition) is 4. The van der Waals surface area contributed by atoms with Crippen LogP contribution in [0.2, 0.25) is 0 Å². The minimum Gasteiger partial charge on any atom is -0.548 e. The Kier molecular flexibility index (Phi) is 7.65. The van der Waals surface area contributed by atoms with Gasteiger partial charge in [0.1, 0.15) is 11.5 Å². The van der Waals surface area contributed by atoms with Crippen molar-refractivity contribution < 1.29 is 23.9 Å². The molecule has 0 aliphatic carbocycles. The molecular formula is C22H22FN2O4-. The lowest BCUT2D eigenvalue weighted by Crippen LogP contribution is -2.50. The Labute approximate surface area is 168 Å². The van der Waals surface area contributed by atoms with E-state index in [0.29, 0.717) is 11.1 Å². The fraction of sp³-hybridized carbons (Fsp3) is 0.227. The van der Waals surface area contributed by atoms with E-state index in [9.17, 15) is 23.9 Å². The Morgan fingerprint density at radius 3 is 2.21 bits per heavy atom. The molecule has 29 heavy (non-hydrogen) atoms. The summed E-state index contributed by atoms with van der Waals surface area (Å²) in [6.07, 6.45) is 1.52. The average Bonchev–Trinajstić information content (AvgIpc) is 2.68. The molecule has 2 amide bonds. The second-order valence-corrected chi connectivity index (χ2v) is 6.90. The van der Waals surface area contributed by atoms with Crippen molar-refractivity contribution in [1.29, 1.82) is 0 Å². The van der Waals surface area contributed by atoms with Crippen molar-refractivity contribution in [2.24, 2.45) is 5.92 Å². The molecular weight excluding hydrogens is 375 g/mol. The summed E-state index contributed by atoms with van der Waals surface area (Å²) < 4.78 is 13.2. The highest BCUT2D eigenvalue weighted by Crippen LogP contribution is 2.10. The lowest BCUT2D eigenvalue weighted by molar-refractivity contribution is -0.308. The Morgan fingerprint density at radius 1 is 1.03 bits per heavy atom. The van der Waals surface area contributed by atoms with Crippen LogP contribution in [0.5, 0.6) is 0 Å². The lowest BCUT2D eigenvalue weighted by Gasteiger charge is -2.22. The summed E-state index contributed by atoms with van der Waals surface area (Å²) in [4.78, 5) is 36.6. The van der Waals surface area contributed by atoms with E-state index in [4.69, 9.17) is 0 Å². The zero-order valence-electron chi connectivity index (χ0n) is 16.1. The average molecular weight is 397 g/mol. The third-order valence-electron chi connectivity index (χ3n) is 4.01. The van der Waals surface area contributed by atoms with E-state index in [-0.39, 0.29) is 18.0 Å². The molecule has 0 bridgehead atoms. The van der Waals surface area contributed by atoms with Crippen LogP contribution in [-0.2, 0) is 9.59 Å².